The number of fused-ring (bicyclic) bond motifs is 1. The molecule has 1 heterocycles. The van der Waals surface area contributed by atoms with E-state index in [1.54, 1.807) is 17.9 Å². The Balaban J connectivity index is 1.60. The zero-order valence-corrected chi connectivity index (χ0v) is 20.6. The maximum atomic E-state index is 14.8. The highest BCUT2D eigenvalue weighted by Crippen LogP contribution is 2.38. The fourth-order valence-corrected chi connectivity index (χ4v) is 4.40. The van der Waals surface area contributed by atoms with Gasteiger partial charge in [0.05, 0.1) is 19.6 Å². The molecule has 6 nitrogen and oxygen atoms in total. The number of carbonyl (C=O) groups is 2. The lowest BCUT2D eigenvalue weighted by Crippen LogP contribution is -2.37. The van der Waals surface area contributed by atoms with Crippen LogP contribution in [0, 0.1) is 5.82 Å². The first-order valence-electron chi connectivity index (χ1n) is 12.2. The maximum Gasteiger partial charge on any atom is 0.410 e. The number of esters is 1. The zero-order valence-electron chi connectivity index (χ0n) is 20.6. The lowest BCUT2D eigenvalue weighted by Gasteiger charge is -2.30. The van der Waals surface area contributed by atoms with Crippen molar-refractivity contribution in [1.82, 2.24) is 4.90 Å². The average molecular weight is 492 g/mol. The summed E-state index contributed by atoms with van der Waals surface area (Å²) >= 11 is 0. The Morgan fingerprint density at radius 2 is 1.67 bits per heavy atom. The summed E-state index contributed by atoms with van der Waals surface area (Å²) in [5.41, 5.74) is 4.56. The van der Waals surface area contributed by atoms with E-state index in [4.69, 9.17) is 14.2 Å². The number of carbonyl (C=O) groups excluding carboxylic acids is 2. The molecule has 3 aromatic rings. The largest absolute Gasteiger partial charge is 0.493 e. The smallest absolute Gasteiger partial charge is 0.410 e. The summed E-state index contributed by atoms with van der Waals surface area (Å²) in [4.78, 5) is 26.4. The molecule has 3 aromatic carbocycles. The number of rotatable bonds is 8. The van der Waals surface area contributed by atoms with Crippen molar-refractivity contribution in [2.45, 2.75) is 39.8 Å². The summed E-state index contributed by atoms with van der Waals surface area (Å²) in [6, 6.07) is 18.2. The van der Waals surface area contributed by atoms with E-state index in [0.717, 1.165) is 27.8 Å². The molecule has 0 atom stereocenters. The van der Waals surface area contributed by atoms with Crippen molar-refractivity contribution in [2.75, 3.05) is 19.8 Å². The Bertz CT molecular complexity index is 1230. The molecule has 0 N–H and O–H groups in total. The summed E-state index contributed by atoms with van der Waals surface area (Å²) in [7, 11) is 0. The number of hydrogen-bond acceptors (Lipinski definition) is 5. The molecule has 0 saturated carbocycles. The molecule has 0 radical (unpaired) electrons. The van der Waals surface area contributed by atoms with Crippen LogP contribution in [0.1, 0.15) is 36.1 Å². The van der Waals surface area contributed by atoms with Crippen LogP contribution in [0.5, 0.6) is 5.75 Å². The molecule has 0 bridgehead atoms. The van der Waals surface area contributed by atoms with Crippen LogP contribution >= 0.6 is 0 Å². The van der Waals surface area contributed by atoms with Gasteiger partial charge < -0.3 is 19.1 Å². The van der Waals surface area contributed by atoms with Gasteiger partial charge in [0.25, 0.3) is 0 Å². The van der Waals surface area contributed by atoms with Gasteiger partial charge in [-0.05, 0) is 60.2 Å². The van der Waals surface area contributed by atoms with Gasteiger partial charge in [-0.3, -0.25) is 4.79 Å². The predicted molar refractivity (Wildman–Crippen MR) is 134 cm³/mol. The van der Waals surface area contributed by atoms with Gasteiger partial charge in [0.15, 0.2) is 0 Å². The third-order valence-corrected chi connectivity index (χ3v) is 6.11. The standard InChI is InChI=1S/C29H30FNO5/c1-3-34-27-16-21(17-28(32)35-4-2)10-11-24(27)22-12-13-26(30)23-14-15-31(18-25(22)23)29(33)36-19-20-8-6-5-7-9-20/h5-13,16H,3-4,14-15,17-19H2,1-2H3. The zero-order chi connectivity index (χ0) is 25.5. The Kier molecular flexibility index (Phi) is 8.21. The first-order chi connectivity index (χ1) is 17.5. The summed E-state index contributed by atoms with van der Waals surface area (Å²) in [6.07, 6.45) is 0.0893. The van der Waals surface area contributed by atoms with Crippen LogP contribution in [0.15, 0.2) is 60.7 Å². The van der Waals surface area contributed by atoms with Crippen LogP contribution in [0.25, 0.3) is 11.1 Å². The fourth-order valence-electron chi connectivity index (χ4n) is 4.40. The molecule has 36 heavy (non-hydrogen) atoms. The van der Waals surface area contributed by atoms with Gasteiger partial charge in [-0.2, -0.15) is 0 Å². The summed E-state index contributed by atoms with van der Waals surface area (Å²) < 4.78 is 31.3. The van der Waals surface area contributed by atoms with Crippen molar-refractivity contribution < 1.29 is 28.2 Å². The molecule has 0 aromatic heterocycles. The van der Waals surface area contributed by atoms with E-state index in [9.17, 15) is 14.0 Å². The van der Waals surface area contributed by atoms with E-state index in [1.165, 1.54) is 6.07 Å². The number of ether oxygens (including phenoxy) is 3. The number of hydrogen-bond donors (Lipinski definition) is 0. The molecule has 1 aliphatic heterocycles. The van der Waals surface area contributed by atoms with Crippen molar-refractivity contribution in [1.29, 1.82) is 0 Å². The molecule has 0 aliphatic carbocycles. The molecular weight excluding hydrogens is 461 g/mol. The molecule has 188 valence electrons. The molecule has 1 aliphatic rings. The summed E-state index contributed by atoms with van der Waals surface area (Å²) in [6.45, 7) is 5.18. The highest BCUT2D eigenvalue weighted by molar-refractivity contribution is 5.78. The number of amides is 1. The van der Waals surface area contributed by atoms with Gasteiger partial charge in [-0.15, -0.1) is 0 Å². The van der Waals surface area contributed by atoms with E-state index in [2.05, 4.69) is 0 Å². The molecule has 0 fully saturated rings. The van der Waals surface area contributed by atoms with Gasteiger partial charge in [-0.25, -0.2) is 9.18 Å². The van der Waals surface area contributed by atoms with Crippen molar-refractivity contribution in [3.05, 3.63) is 88.7 Å². The highest BCUT2D eigenvalue weighted by Gasteiger charge is 2.27. The predicted octanol–water partition coefficient (Wildman–Crippen LogP) is 5.69. The van der Waals surface area contributed by atoms with Crippen LogP contribution in [-0.2, 0) is 40.3 Å². The molecule has 1 amide bonds. The Labute approximate surface area is 210 Å². The summed E-state index contributed by atoms with van der Waals surface area (Å²) in [5.74, 6) is -0.00338. The molecule has 0 spiro atoms. The maximum absolute atomic E-state index is 14.8. The molecule has 0 unspecified atom stereocenters. The lowest BCUT2D eigenvalue weighted by molar-refractivity contribution is -0.142. The van der Waals surface area contributed by atoms with Gasteiger partial charge in [0, 0.05) is 18.7 Å². The van der Waals surface area contributed by atoms with Crippen molar-refractivity contribution in [2.24, 2.45) is 0 Å². The van der Waals surface area contributed by atoms with Crippen LogP contribution in [-0.4, -0.2) is 36.7 Å². The topological polar surface area (TPSA) is 65.1 Å². The Hall–Kier alpha value is -3.87. The minimum Gasteiger partial charge on any atom is -0.493 e. The monoisotopic (exact) mass is 491 g/mol. The quantitative estimate of drug-likeness (QED) is 0.379. The summed E-state index contributed by atoms with van der Waals surface area (Å²) in [5, 5.41) is 0. The van der Waals surface area contributed by atoms with Crippen LogP contribution in [0.4, 0.5) is 9.18 Å². The van der Waals surface area contributed by atoms with Gasteiger partial charge >= 0.3 is 12.1 Å². The van der Waals surface area contributed by atoms with E-state index in [0.29, 0.717) is 37.5 Å². The SMILES string of the molecule is CCOC(=O)Cc1ccc(-c2ccc(F)c3c2CN(C(=O)OCc2ccccc2)CC3)c(OCC)c1. The van der Waals surface area contributed by atoms with E-state index < -0.39 is 6.09 Å². The fraction of sp³-hybridized carbons (Fsp3) is 0.310. The second-order valence-electron chi connectivity index (χ2n) is 8.51. The van der Waals surface area contributed by atoms with Gasteiger partial charge in [0.2, 0.25) is 0 Å². The number of benzene rings is 3. The average Bonchev–Trinajstić information content (AvgIpc) is 2.89. The normalized spacial score (nSPS) is 12.6. The first kappa shape index (κ1) is 25.2. The van der Waals surface area contributed by atoms with Crippen molar-refractivity contribution in [3.8, 4) is 16.9 Å². The minimum atomic E-state index is -0.436. The third kappa shape index (κ3) is 5.85. The van der Waals surface area contributed by atoms with Gasteiger partial charge in [-0.1, -0.05) is 48.5 Å². The minimum absolute atomic E-state index is 0.136. The van der Waals surface area contributed by atoms with E-state index in [1.807, 2.05) is 55.5 Å². The molecule has 0 saturated heterocycles. The molecule has 4 rings (SSSR count). The van der Waals surface area contributed by atoms with Gasteiger partial charge in [0.1, 0.15) is 18.2 Å². The van der Waals surface area contributed by atoms with E-state index >= 15 is 0 Å². The van der Waals surface area contributed by atoms with Crippen molar-refractivity contribution >= 4 is 12.1 Å². The second-order valence-corrected chi connectivity index (χ2v) is 8.51. The lowest BCUT2D eigenvalue weighted by atomic mass is 9.90. The van der Waals surface area contributed by atoms with Crippen molar-refractivity contribution in [3.63, 3.8) is 0 Å². The number of halogens is 1. The first-order valence-corrected chi connectivity index (χ1v) is 12.2. The van der Waals surface area contributed by atoms with Crippen LogP contribution in [0.2, 0.25) is 0 Å². The van der Waals surface area contributed by atoms with Crippen LogP contribution in [0.3, 0.4) is 0 Å². The Morgan fingerprint density at radius 1 is 0.889 bits per heavy atom. The molecular formula is C29H30FNO5. The van der Waals surface area contributed by atoms with E-state index in [-0.39, 0.29) is 31.4 Å². The Morgan fingerprint density at radius 3 is 2.42 bits per heavy atom. The molecule has 7 heteroatoms. The number of nitrogens with zero attached hydrogens (tertiary/aromatic N) is 1. The van der Waals surface area contributed by atoms with Crippen LogP contribution < -0.4 is 4.74 Å². The third-order valence-electron chi connectivity index (χ3n) is 6.11. The highest BCUT2D eigenvalue weighted by atomic mass is 19.1. The second kappa shape index (κ2) is 11.7.